The predicted molar refractivity (Wildman–Crippen MR) is 213 cm³/mol. The molecule has 3 aliphatic heterocycles. The molecule has 2 aromatic carbocycles. The van der Waals surface area contributed by atoms with Crippen LogP contribution in [0.25, 0.3) is 12.2 Å². The van der Waals surface area contributed by atoms with Crippen molar-refractivity contribution >= 4 is 38.2 Å². The minimum absolute atomic E-state index is 0.0691. The number of hydrogen-bond acceptors (Lipinski definition) is 9. The number of allylic oxidation sites excluding steroid dienone is 2. The van der Waals surface area contributed by atoms with Gasteiger partial charge in [-0.2, -0.15) is 8.61 Å². The lowest BCUT2D eigenvalue weighted by atomic mass is 9.85. The molecule has 11 nitrogen and oxygen atoms in total. The number of esters is 1. The largest absolute Gasteiger partial charge is 0.465 e. The van der Waals surface area contributed by atoms with Gasteiger partial charge in [-0.05, 0) is 87.5 Å². The molecule has 1 radical (unpaired) electrons. The third-order valence-electron chi connectivity index (χ3n) is 10.7. The zero-order valence-corrected chi connectivity index (χ0v) is 33.8. The number of carbonyl (C=O) groups excluding carboxylic acids is 1. The molecule has 2 fully saturated rings. The van der Waals surface area contributed by atoms with Crippen molar-refractivity contribution in [3.63, 3.8) is 0 Å². The van der Waals surface area contributed by atoms with Crippen LogP contribution >= 0.6 is 0 Å². The van der Waals surface area contributed by atoms with Crippen molar-refractivity contribution in [2.45, 2.75) is 61.8 Å². The van der Waals surface area contributed by atoms with Crippen LogP contribution in [-0.4, -0.2) is 125 Å². The SMILES string of the molecule is CC/C(=C\c1cccc(S(=O)(=O)N2CCN(C)CC2)c1)C1[CH]C=CC(/C(=C/c2cccc(S(=O)(=O)N3CCN(C)CC3)c2)CC)COC(=O)CC(O)CC1. The first-order valence-corrected chi connectivity index (χ1v) is 22.0. The van der Waals surface area contributed by atoms with Crippen LogP contribution in [-0.2, 0) is 29.6 Å². The first kappa shape index (κ1) is 42.0. The fourth-order valence-electron chi connectivity index (χ4n) is 7.19. The zero-order valence-electron chi connectivity index (χ0n) is 32.1. The van der Waals surface area contributed by atoms with E-state index >= 15 is 0 Å². The summed E-state index contributed by atoms with van der Waals surface area (Å²) < 4.78 is 62.8. The number of aliphatic hydroxyl groups excluding tert-OH is 1. The van der Waals surface area contributed by atoms with Gasteiger partial charge in [0.15, 0.2) is 0 Å². The summed E-state index contributed by atoms with van der Waals surface area (Å²) in [6.07, 6.45) is 11.5. The summed E-state index contributed by atoms with van der Waals surface area (Å²) in [6, 6.07) is 14.1. The van der Waals surface area contributed by atoms with Gasteiger partial charge in [0.25, 0.3) is 0 Å². The smallest absolute Gasteiger partial charge is 0.308 e. The second kappa shape index (κ2) is 19.1. The van der Waals surface area contributed by atoms with E-state index in [2.05, 4.69) is 23.1 Å². The van der Waals surface area contributed by atoms with Gasteiger partial charge in [-0.25, -0.2) is 16.8 Å². The van der Waals surface area contributed by atoms with Crippen molar-refractivity contribution in [1.82, 2.24) is 18.4 Å². The zero-order chi connectivity index (χ0) is 38.9. The van der Waals surface area contributed by atoms with E-state index in [1.165, 1.54) is 0 Å². The van der Waals surface area contributed by atoms with Gasteiger partial charge in [0.05, 0.1) is 22.3 Å². The molecule has 3 aliphatic rings. The highest BCUT2D eigenvalue weighted by Crippen LogP contribution is 2.30. The van der Waals surface area contributed by atoms with E-state index in [0.717, 1.165) is 22.3 Å². The minimum Gasteiger partial charge on any atom is -0.465 e. The number of likely N-dealkylation sites (N-methyl/N-ethyl adjacent to an activating group) is 2. The molecule has 0 aromatic heterocycles. The maximum Gasteiger partial charge on any atom is 0.308 e. The standard InChI is InChI=1S/C41H57N4O7S2/c1-5-34(26-32-10-7-14-39(28-32)53(48,49)44-22-18-42(3)19-23-44)36-12-9-13-37(31-52-41(47)30-38(46)17-16-36)35(6-2)27-33-11-8-15-40(29-33)54(50,51)45-24-20-43(4)21-25-45/h7-15,26-29,36-38,46H,5-6,16-25,30-31H2,1-4H3/b13-9?,34-26+,35-27+. The molecule has 3 heterocycles. The van der Waals surface area contributed by atoms with Crippen LogP contribution in [0.4, 0.5) is 0 Å². The molecule has 0 aliphatic carbocycles. The Hall–Kier alpha value is -3.17. The highest BCUT2D eigenvalue weighted by atomic mass is 32.2. The molecule has 0 saturated carbocycles. The van der Waals surface area contributed by atoms with Crippen LogP contribution in [0.3, 0.4) is 0 Å². The quantitative estimate of drug-likeness (QED) is 0.334. The Labute approximate surface area is 323 Å². The first-order chi connectivity index (χ1) is 25.8. The van der Waals surface area contributed by atoms with E-state index < -0.39 is 32.1 Å². The van der Waals surface area contributed by atoms with Crippen molar-refractivity contribution in [3.05, 3.63) is 89.4 Å². The van der Waals surface area contributed by atoms with Gasteiger partial charge in [0, 0.05) is 58.3 Å². The topological polar surface area (TPSA) is 128 Å². The highest BCUT2D eigenvalue weighted by molar-refractivity contribution is 7.89. The molecule has 0 amide bonds. The second-order valence-corrected chi connectivity index (χ2v) is 18.5. The maximum absolute atomic E-state index is 13.5. The van der Waals surface area contributed by atoms with Crippen LogP contribution < -0.4 is 0 Å². The van der Waals surface area contributed by atoms with Crippen molar-refractivity contribution in [2.75, 3.05) is 73.1 Å². The van der Waals surface area contributed by atoms with Crippen LogP contribution in [0.2, 0.25) is 0 Å². The van der Waals surface area contributed by atoms with Crippen molar-refractivity contribution in [2.24, 2.45) is 11.8 Å². The number of benzene rings is 2. The van der Waals surface area contributed by atoms with Gasteiger partial charge >= 0.3 is 5.97 Å². The molecule has 13 heteroatoms. The highest BCUT2D eigenvalue weighted by Gasteiger charge is 2.29. The summed E-state index contributed by atoms with van der Waals surface area (Å²) in [7, 11) is -3.29. The average molecular weight is 782 g/mol. The fraction of sp³-hybridized carbons (Fsp3) is 0.512. The lowest BCUT2D eigenvalue weighted by molar-refractivity contribution is -0.146. The summed E-state index contributed by atoms with van der Waals surface area (Å²) in [5, 5.41) is 10.8. The molecule has 2 saturated heterocycles. The van der Waals surface area contributed by atoms with Gasteiger partial charge in [-0.15, -0.1) is 0 Å². The number of ether oxygens (including phenoxy) is 1. The fourth-order valence-corrected chi connectivity index (χ4v) is 10.1. The third-order valence-corrected chi connectivity index (χ3v) is 14.5. The molecule has 54 heavy (non-hydrogen) atoms. The van der Waals surface area contributed by atoms with Crippen molar-refractivity contribution in [3.8, 4) is 0 Å². The van der Waals surface area contributed by atoms with Crippen LogP contribution in [0.15, 0.2) is 81.6 Å². The minimum atomic E-state index is -3.64. The normalized spacial score (nSPS) is 24.5. The summed E-state index contributed by atoms with van der Waals surface area (Å²) in [4.78, 5) is 17.6. The van der Waals surface area contributed by atoms with E-state index in [1.807, 2.05) is 57.5 Å². The predicted octanol–water partition coefficient (Wildman–Crippen LogP) is 4.93. The molecular formula is C41H57N4O7S2. The molecular weight excluding hydrogens is 725 g/mol. The molecule has 3 atom stereocenters. The Balaban J connectivity index is 1.39. The average Bonchev–Trinajstić information content (AvgIpc) is 3.15. The van der Waals surface area contributed by atoms with Gasteiger partial charge in [0.1, 0.15) is 6.61 Å². The van der Waals surface area contributed by atoms with Gasteiger partial charge in [0.2, 0.25) is 20.0 Å². The number of piperazine rings is 2. The summed E-state index contributed by atoms with van der Waals surface area (Å²) in [5.41, 5.74) is 3.60. The Morgan fingerprint density at radius 3 is 1.70 bits per heavy atom. The van der Waals surface area contributed by atoms with Crippen LogP contribution in [0, 0.1) is 18.3 Å². The molecule has 2 aromatic rings. The second-order valence-electron chi connectivity index (χ2n) is 14.6. The van der Waals surface area contributed by atoms with Crippen molar-refractivity contribution < 1.29 is 31.5 Å². The number of cyclic esters (lactones) is 1. The third kappa shape index (κ3) is 11.0. The Kier molecular flexibility index (Phi) is 14.9. The van der Waals surface area contributed by atoms with Crippen LogP contribution in [0.5, 0.6) is 0 Å². The van der Waals surface area contributed by atoms with Crippen LogP contribution in [0.1, 0.15) is 57.1 Å². The number of nitrogens with zero attached hydrogens (tertiary/aromatic N) is 4. The van der Waals surface area contributed by atoms with Gasteiger partial charge in [-0.3, -0.25) is 4.79 Å². The Morgan fingerprint density at radius 1 is 0.741 bits per heavy atom. The Bertz CT molecular complexity index is 1890. The summed E-state index contributed by atoms with van der Waals surface area (Å²) in [5.74, 6) is -0.821. The molecule has 5 rings (SSSR count). The first-order valence-electron chi connectivity index (χ1n) is 19.1. The maximum atomic E-state index is 13.5. The van der Waals surface area contributed by atoms with E-state index in [4.69, 9.17) is 4.74 Å². The number of carbonyl (C=O) groups is 1. The number of rotatable bonds is 10. The Morgan fingerprint density at radius 2 is 1.22 bits per heavy atom. The van der Waals surface area contributed by atoms with E-state index in [1.54, 1.807) is 45.0 Å². The number of sulfonamides is 2. The van der Waals surface area contributed by atoms with Gasteiger partial charge in [-0.1, -0.05) is 73.6 Å². The molecule has 1 N–H and O–H groups in total. The lowest BCUT2D eigenvalue weighted by Gasteiger charge is -2.31. The molecule has 0 bridgehead atoms. The summed E-state index contributed by atoms with van der Waals surface area (Å²) >= 11 is 0. The van der Waals surface area contributed by atoms with E-state index in [-0.39, 0.29) is 34.7 Å². The number of hydrogen-bond donors (Lipinski definition) is 1. The van der Waals surface area contributed by atoms with Gasteiger partial charge < -0.3 is 19.6 Å². The molecule has 0 spiro atoms. The van der Waals surface area contributed by atoms with E-state index in [9.17, 15) is 26.7 Å². The monoisotopic (exact) mass is 781 g/mol. The summed E-state index contributed by atoms with van der Waals surface area (Å²) in [6.45, 7) is 8.74. The lowest BCUT2D eigenvalue weighted by Crippen LogP contribution is -2.47. The molecule has 3 unspecified atom stereocenters. The van der Waals surface area contributed by atoms with E-state index in [0.29, 0.717) is 78.0 Å². The number of aliphatic hydroxyl groups is 1. The van der Waals surface area contributed by atoms with Crippen molar-refractivity contribution in [1.29, 1.82) is 0 Å². The molecule has 295 valence electrons.